The number of benzene rings is 8. The Labute approximate surface area is 692 Å². The van der Waals surface area contributed by atoms with E-state index in [1.807, 2.05) is 49.1 Å². The Hall–Kier alpha value is -12.0. The number of aryl methyl sites for hydroxylation is 9. The van der Waals surface area contributed by atoms with Gasteiger partial charge in [-0.2, -0.15) is 13.7 Å². The fraction of sp³-hybridized carbons (Fsp3) is 0.266. The summed E-state index contributed by atoms with van der Waals surface area (Å²) in [6.07, 6.45) is 12.0. The standard InChI is InChI=1S/2C29H31N2.C26H25N2.C25H23N2/c1-18(2)15-20-9-7-11-26-21(20)12-13-27(31(26)6)23-17-25-24(16-19(23)3)22-10-8-14-30-28(22)29(25,4)5;1-18(2)14-20-9-10-21-11-12-26(31(6)27(21)16-20)23-17-25-24(15-19(23)3)22-8-7-13-30-28(22)29(25,4)5;1-16-8-6-10-23-18(16)11-12-24(28(23)5)20-15-22-21(14-17(20)2)19-9-7-13-27-25(19)26(22,3)4;1-16-14-21-19-10-7-12-26-24(19)25(2,3)22(21)15-20(16)23-18-9-6-5-8-17(18)11-13-27(23)4/h7-14,16-18H,15H2,1-6H3;7-13,15-18H,14H2,1-6H3;6-15H,1-5H3;5-15H,1-4H3/q4*+1. The van der Waals surface area contributed by atoms with Crippen molar-refractivity contribution < 1.29 is 18.3 Å². The highest BCUT2D eigenvalue weighted by atomic mass is 15.0. The molecular weight excluding hydrogens is 1420 g/mol. The molecule has 8 heteroatoms. The van der Waals surface area contributed by atoms with Gasteiger partial charge in [0.05, 0.1) is 33.7 Å². The Morgan fingerprint density at radius 2 is 0.675 bits per heavy atom. The van der Waals surface area contributed by atoms with Crippen LogP contribution in [0.15, 0.2) is 249 Å². The van der Waals surface area contributed by atoms with E-state index in [0.717, 1.165) is 12.8 Å². The molecule has 0 bridgehead atoms. The summed E-state index contributed by atoms with van der Waals surface area (Å²) in [6, 6.07) is 80.6. The van der Waals surface area contributed by atoms with Gasteiger partial charge >= 0.3 is 0 Å². The second-order valence-corrected chi connectivity index (χ2v) is 36.6. The molecule has 0 N–H and O–H groups in total. The van der Waals surface area contributed by atoms with Gasteiger partial charge in [0.2, 0.25) is 39.3 Å². The Bertz CT molecular complexity index is 6640. The van der Waals surface area contributed by atoms with E-state index >= 15 is 0 Å². The highest BCUT2D eigenvalue weighted by molar-refractivity contribution is 5.96. The molecule has 0 saturated carbocycles. The summed E-state index contributed by atoms with van der Waals surface area (Å²) < 4.78 is 9.29. The topological polar surface area (TPSA) is 67.1 Å². The van der Waals surface area contributed by atoms with Gasteiger partial charge in [0.15, 0.2) is 6.20 Å². The van der Waals surface area contributed by atoms with E-state index in [4.69, 9.17) is 19.9 Å². The highest BCUT2D eigenvalue weighted by Gasteiger charge is 2.43. The minimum absolute atomic E-state index is 0.0830. The van der Waals surface area contributed by atoms with Crippen molar-refractivity contribution in [1.29, 1.82) is 0 Å². The molecule has 8 nitrogen and oxygen atoms in total. The lowest BCUT2D eigenvalue weighted by molar-refractivity contribution is -0.659. The van der Waals surface area contributed by atoms with Crippen molar-refractivity contribution in [2.45, 2.75) is 152 Å². The van der Waals surface area contributed by atoms with E-state index in [1.165, 1.54) is 217 Å². The number of rotatable bonds is 8. The van der Waals surface area contributed by atoms with Crippen LogP contribution in [-0.2, 0) is 62.7 Å². The fourth-order valence-electron chi connectivity index (χ4n) is 20.0. The van der Waals surface area contributed by atoms with Crippen molar-refractivity contribution in [3.05, 3.63) is 333 Å². The predicted molar refractivity (Wildman–Crippen MR) is 484 cm³/mol. The van der Waals surface area contributed by atoms with Gasteiger partial charge in [0.25, 0.3) is 0 Å². The largest absolute Gasteiger partial charge is 0.260 e. The van der Waals surface area contributed by atoms with E-state index in [1.54, 1.807) is 0 Å². The molecule has 0 radical (unpaired) electrons. The average molecular weight is 1530 g/mol. The molecular formula is C109H110N8+4. The summed E-state index contributed by atoms with van der Waals surface area (Å²) in [5.74, 6) is 1.30. The third kappa shape index (κ3) is 13.0. The van der Waals surface area contributed by atoms with Gasteiger partial charge in [-0.3, -0.25) is 19.9 Å². The zero-order valence-corrected chi connectivity index (χ0v) is 72.3. The summed E-state index contributed by atoms with van der Waals surface area (Å²) in [7, 11) is 8.71. The Kier molecular flexibility index (Phi) is 19.4. The van der Waals surface area contributed by atoms with Gasteiger partial charge in [-0.05, 0) is 227 Å². The van der Waals surface area contributed by atoms with E-state index in [0.29, 0.717) is 11.8 Å². The average Bonchev–Trinajstić information content (AvgIpc) is 1.67. The van der Waals surface area contributed by atoms with Gasteiger partial charge in [-0.1, -0.05) is 180 Å². The van der Waals surface area contributed by atoms with E-state index < -0.39 is 0 Å². The third-order valence-corrected chi connectivity index (χ3v) is 26.3. The molecule has 0 unspecified atom stereocenters. The van der Waals surface area contributed by atoms with Crippen LogP contribution in [0.1, 0.15) is 167 Å². The second-order valence-electron chi connectivity index (χ2n) is 36.6. The maximum absolute atomic E-state index is 4.75. The van der Waals surface area contributed by atoms with Crippen LogP contribution < -0.4 is 18.3 Å². The van der Waals surface area contributed by atoms with Crippen LogP contribution in [0.4, 0.5) is 0 Å². The van der Waals surface area contributed by atoms with Crippen molar-refractivity contribution in [2.24, 2.45) is 40.0 Å². The number of aromatic nitrogens is 8. The monoisotopic (exact) mass is 1530 g/mol. The van der Waals surface area contributed by atoms with Crippen LogP contribution in [0.25, 0.3) is 133 Å². The fourth-order valence-corrected chi connectivity index (χ4v) is 20.0. The van der Waals surface area contributed by atoms with Crippen LogP contribution >= 0.6 is 0 Å². The van der Waals surface area contributed by atoms with Gasteiger partial charge < -0.3 is 0 Å². The summed E-state index contributed by atoms with van der Waals surface area (Å²) >= 11 is 0. The lowest BCUT2D eigenvalue weighted by Crippen LogP contribution is -2.32. The smallest absolute Gasteiger partial charge is 0.220 e. The molecule has 4 aliphatic rings. The maximum Gasteiger partial charge on any atom is 0.220 e. The first kappa shape index (κ1) is 77.6. The zero-order chi connectivity index (χ0) is 82.2. The second kappa shape index (κ2) is 29.3. The summed E-state index contributed by atoms with van der Waals surface area (Å²) in [4.78, 5) is 18.9. The molecule has 582 valence electrons. The number of pyridine rings is 8. The molecule has 4 aliphatic carbocycles. The molecule has 8 heterocycles. The maximum atomic E-state index is 4.75. The number of hydrogen-bond donors (Lipinski definition) is 0. The molecule has 0 atom stereocenters. The quantitative estimate of drug-likeness (QED) is 0.142. The molecule has 0 aliphatic heterocycles. The van der Waals surface area contributed by atoms with Gasteiger partial charge in [0.1, 0.15) is 28.2 Å². The van der Waals surface area contributed by atoms with Crippen molar-refractivity contribution in [3.63, 3.8) is 0 Å². The molecule has 8 aromatic heterocycles. The number of fused-ring (bicyclic) bond motifs is 16. The zero-order valence-electron chi connectivity index (χ0n) is 72.3. The highest BCUT2D eigenvalue weighted by Crippen LogP contribution is 2.54. The van der Waals surface area contributed by atoms with Crippen LogP contribution in [-0.4, -0.2) is 19.9 Å². The van der Waals surface area contributed by atoms with Crippen LogP contribution in [0.5, 0.6) is 0 Å². The Balaban J connectivity index is 0.000000112. The molecule has 0 saturated heterocycles. The first-order valence-corrected chi connectivity index (χ1v) is 42.0. The summed E-state index contributed by atoms with van der Waals surface area (Å²) in [6.45, 7) is 38.5. The lowest BCUT2D eigenvalue weighted by Gasteiger charge is -2.21. The van der Waals surface area contributed by atoms with Gasteiger partial charge in [0, 0.05) is 144 Å². The normalized spacial score (nSPS) is 14.2. The van der Waals surface area contributed by atoms with E-state index in [9.17, 15) is 0 Å². The lowest BCUT2D eigenvalue weighted by atomic mass is 9.83. The van der Waals surface area contributed by atoms with Crippen molar-refractivity contribution >= 4 is 43.5 Å². The first-order valence-electron chi connectivity index (χ1n) is 42.0. The Morgan fingerprint density at radius 1 is 0.291 bits per heavy atom. The van der Waals surface area contributed by atoms with Crippen molar-refractivity contribution in [3.8, 4) is 89.5 Å². The first-order chi connectivity index (χ1) is 55.9. The molecule has 0 fully saturated rings. The van der Waals surface area contributed by atoms with E-state index in [2.05, 4.69) is 364 Å². The van der Waals surface area contributed by atoms with E-state index in [-0.39, 0.29) is 21.7 Å². The minimum Gasteiger partial charge on any atom is -0.260 e. The Morgan fingerprint density at radius 3 is 1.13 bits per heavy atom. The number of hydrogen-bond acceptors (Lipinski definition) is 4. The van der Waals surface area contributed by atoms with Crippen LogP contribution in [0, 0.1) is 46.5 Å². The van der Waals surface area contributed by atoms with Crippen molar-refractivity contribution in [2.75, 3.05) is 0 Å². The molecule has 0 spiro atoms. The summed E-state index contributed by atoms with van der Waals surface area (Å²) in [5, 5.41) is 6.52. The molecule has 20 rings (SSSR count). The van der Waals surface area contributed by atoms with Gasteiger partial charge in [-0.25, -0.2) is 4.57 Å². The number of nitrogens with zero attached hydrogens (tertiary/aromatic N) is 8. The molecule has 16 aromatic rings. The SMILES string of the molecule is Cc1cc2c(cc1-c1c3ccccc3cc[n+]1C)C(C)(C)c1ncccc1-2.Cc1cc2c(cc1-c1ccc3c(C)cccc3[n+]1C)C(C)(C)c1ncccc1-2.Cc1cc2c(cc1-c1ccc3c(CC(C)C)cccc3[n+]1C)C(C)(C)c1ncccc1-2.Cc1cc2c(cc1-c1ccc3ccc(CC(C)C)cc3[n+]1C)C(C)(C)c1ncccc1-2. The molecule has 0 amide bonds. The van der Waals surface area contributed by atoms with Crippen LogP contribution in [0.3, 0.4) is 0 Å². The molecule has 8 aromatic carbocycles. The summed E-state index contributed by atoms with van der Waals surface area (Å²) in [5.41, 5.74) is 43.7. The van der Waals surface area contributed by atoms with Crippen LogP contribution in [0.2, 0.25) is 0 Å². The predicted octanol–water partition coefficient (Wildman–Crippen LogP) is 24.1. The van der Waals surface area contributed by atoms with Crippen molar-refractivity contribution in [1.82, 2.24) is 19.9 Å². The third-order valence-electron chi connectivity index (χ3n) is 26.3. The van der Waals surface area contributed by atoms with Gasteiger partial charge in [-0.15, -0.1) is 0 Å². The molecule has 117 heavy (non-hydrogen) atoms. The minimum atomic E-state index is -0.0891.